The van der Waals surface area contributed by atoms with Gasteiger partial charge in [-0.2, -0.15) is 0 Å². The van der Waals surface area contributed by atoms with Crippen LogP contribution in [0.3, 0.4) is 0 Å². The molecule has 128 valence electrons. The number of urea groups is 1. The van der Waals surface area contributed by atoms with E-state index in [9.17, 15) is 13.2 Å². The van der Waals surface area contributed by atoms with E-state index < -0.39 is 10.0 Å². The molecular weight excluding hydrogens is 326 g/mol. The van der Waals surface area contributed by atoms with Crippen LogP contribution in [0.15, 0.2) is 42.5 Å². The first kappa shape index (κ1) is 16.7. The van der Waals surface area contributed by atoms with Crippen molar-refractivity contribution in [2.24, 2.45) is 0 Å². The molecule has 1 heterocycles. The molecular formula is C17H21N3O3S. The molecule has 2 amide bonds. The van der Waals surface area contributed by atoms with Crippen molar-refractivity contribution in [1.82, 2.24) is 9.21 Å². The third-order valence-electron chi connectivity index (χ3n) is 4.24. The number of anilines is 1. The van der Waals surface area contributed by atoms with Crippen LogP contribution in [0, 0.1) is 0 Å². The average Bonchev–Trinajstić information content (AvgIpc) is 2.81. The third-order valence-corrected chi connectivity index (χ3v) is 5.55. The Hall–Kier alpha value is -2.12. The van der Waals surface area contributed by atoms with Crippen molar-refractivity contribution >= 4 is 32.5 Å². The lowest BCUT2D eigenvalue weighted by atomic mass is 10.1. The molecule has 1 saturated heterocycles. The standard InChI is InChI=1S/C17H21N3O3S/c1-24(22,23)20-11-5-10-19(12-13-20)17(21)18-16-9-4-7-14-6-2-3-8-15(14)16/h2-4,6-9H,5,10-13H2,1H3,(H,18,21). The Bertz CT molecular complexity index is 846. The smallest absolute Gasteiger partial charge is 0.321 e. The van der Waals surface area contributed by atoms with Crippen molar-refractivity contribution < 1.29 is 13.2 Å². The van der Waals surface area contributed by atoms with Crippen LogP contribution in [-0.4, -0.2) is 56.1 Å². The summed E-state index contributed by atoms with van der Waals surface area (Å²) in [5, 5.41) is 5.01. The summed E-state index contributed by atoms with van der Waals surface area (Å²) in [4.78, 5) is 14.2. The summed E-state index contributed by atoms with van der Waals surface area (Å²) >= 11 is 0. The molecule has 7 heteroatoms. The predicted molar refractivity (Wildman–Crippen MR) is 95.6 cm³/mol. The number of fused-ring (bicyclic) bond motifs is 1. The molecule has 1 aliphatic rings. The van der Waals surface area contributed by atoms with E-state index in [0.717, 1.165) is 16.5 Å². The Labute approximate surface area is 142 Å². The molecule has 0 atom stereocenters. The lowest BCUT2D eigenvalue weighted by molar-refractivity contribution is 0.214. The fourth-order valence-electron chi connectivity index (χ4n) is 2.96. The highest BCUT2D eigenvalue weighted by atomic mass is 32.2. The van der Waals surface area contributed by atoms with Gasteiger partial charge in [0.2, 0.25) is 10.0 Å². The van der Waals surface area contributed by atoms with E-state index in [-0.39, 0.29) is 6.03 Å². The molecule has 1 N–H and O–H groups in total. The molecule has 0 aliphatic carbocycles. The maximum absolute atomic E-state index is 12.6. The van der Waals surface area contributed by atoms with Crippen LogP contribution in [0.2, 0.25) is 0 Å². The minimum atomic E-state index is -3.21. The first-order valence-electron chi connectivity index (χ1n) is 7.94. The van der Waals surface area contributed by atoms with Gasteiger partial charge in [-0.3, -0.25) is 0 Å². The van der Waals surface area contributed by atoms with Crippen molar-refractivity contribution in [3.05, 3.63) is 42.5 Å². The Kier molecular flexibility index (Phi) is 4.73. The number of carbonyl (C=O) groups is 1. The van der Waals surface area contributed by atoms with Crippen LogP contribution in [-0.2, 0) is 10.0 Å². The van der Waals surface area contributed by atoms with E-state index in [1.807, 2.05) is 42.5 Å². The Balaban J connectivity index is 1.73. The molecule has 0 bridgehead atoms. The van der Waals surface area contributed by atoms with Crippen molar-refractivity contribution in [2.75, 3.05) is 37.8 Å². The van der Waals surface area contributed by atoms with Crippen molar-refractivity contribution in [3.63, 3.8) is 0 Å². The van der Waals surface area contributed by atoms with Crippen LogP contribution >= 0.6 is 0 Å². The van der Waals surface area contributed by atoms with E-state index >= 15 is 0 Å². The van der Waals surface area contributed by atoms with Gasteiger partial charge in [0, 0.05) is 31.6 Å². The summed E-state index contributed by atoms with van der Waals surface area (Å²) in [6.45, 7) is 1.73. The van der Waals surface area contributed by atoms with Crippen LogP contribution in [0.4, 0.5) is 10.5 Å². The minimum Gasteiger partial charge on any atom is -0.323 e. The highest BCUT2D eigenvalue weighted by Gasteiger charge is 2.24. The molecule has 0 saturated carbocycles. The summed E-state index contributed by atoms with van der Waals surface area (Å²) in [6.07, 6.45) is 1.84. The van der Waals surface area contributed by atoms with Crippen molar-refractivity contribution in [3.8, 4) is 0 Å². The zero-order valence-electron chi connectivity index (χ0n) is 13.6. The van der Waals surface area contributed by atoms with Gasteiger partial charge >= 0.3 is 6.03 Å². The molecule has 6 nitrogen and oxygen atoms in total. The lowest BCUT2D eigenvalue weighted by Crippen LogP contribution is -2.39. The van der Waals surface area contributed by atoms with Gasteiger partial charge in [0.15, 0.2) is 0 Å². The van der Waals surface area contributed by atoms with Gasteiger partial charge in [-0.1, -0.05) is 36.4 Å². The topological polar surface area (TPSA) is 69.7 Å². The van der Waals surface area contributed by atoms with Gasteiger partial charge in [-0.05, 0) is 17.9 Å². The number of hydrogen-bond donors (Lipinski definition) is 1. The summed E-state index contributed by atoms with van der Waals surface area (Å²) < 4.78 is 24.7. The quantitative estimate of drug-likeness (QED) is 0.906. The highest BCUT2D eigenvalue weighted by molar-refractivity contribution is 7.88. The first-order valence-corrected chi connectivity index (χ1v) is 9.79. The zero-order chi connectivity index (χ0) is 17.2. The fourth-order valence-corrected chi connectivity index (χ4v) is 3.83. The molecule has 0 spiro atoms. The van der Waals surface area contributed by atoms with E-state index in [2.05, 4.69) is 5.32 Å². The fraction of sp³-hybridized carbons (Fsp3) is 0.353. The minimum absolute atomic E-state index is 0.193. The first-order chi connectivity index (χ1) is 11.4. The monoisotopic (exact) mass is 347 g/mol. The lowest BCUT2D eigenvalue weighted by Gasteiger charge is -2.22. The number of nitrogens with zero attached hydrogens (tertiary/aromatic N) is 2. The predicted octanol–water partition coefficient (Wildman–Crippen LogP) is 2.34. The summed E-state index contributed by atoms with van der Waals surface area (Å²) in [5.41, 5.74) is 0.766. The van der Waals surface area contributed by atoms with Crippen molar-refractivity contribution in [1.29, 1.82) is 0 Å². The number of rotatable bonds is 2. The second-order valence-electron chi connectivity index (χ2n) is 5.96. The average molecular weight is 347 g/mol. The second kappa shape index (κ2) is 6.78. The molecule has 0 unspecified atom stereocenters. The van der Waals surface area contributed by atoms with Gasteiger partial charge in [0.05, 0.1) is 11.9 Å². The Morgan fingerprint density at radius 2 is 1.75 bits per heavy atom. The third kappa shape index (κ3) is 3.68. The summed E-state index contributed by atoms with van der Waals surface area (Å²) in [5.74, 6) is 0. The molecule has 0 radical (unpaired) electrons. The summed E-state index contributed by atoms with van der Waals surface area (Å²) in [7, 11) is -3.21. The zero-order valence-corrected chi connectivity index (χ0v) is 14.4. The molecule has 0 aromatic heterocycles. The van der Waals surface area contributed by atoms with E-state index in [4.69, 9.17) is 0 Å². The van der Waals surface area contributed by atoms with E-state index in [0.29, 0.717) is 32.6 Å². The normalized spacial score (nSPS) is 16.8. The van der Waals surface area contributed by atoms with Gasteiger partial charge in [-0.15, -0.1) is 0 Å². The van der Waals surface area contributed by atoms with Gasteiger partial charge < -0.3 is 10.2 Å². The maximum Gasteiger partial charge on any atom is 0.321 e. The van der Waals surface area contributed by atoms with E-state index in [1.165, 1.54) is 10.6 Å². The van der Waals surface area contributed by atoms with E-state index in [1.54, 1.807) is 4.90 Å². The number of benzene rings is 2. The number of sulfonamides is 1. The van der Waals surface area contributed by atoms with Crippen LogP contribution < -0.4 is 5.32 Å². The summed E-state index contributed by atoms with van der Waals surface area (Å²) in [6, 6.07) is 13.5. The Morgan fingerprint density at radius 3 is 2.54 bits per heavy atom. The maximum atomic E-state index is 12.6. The Morgan fingerprint density at radius 1 is 1.00 bits per heavy atom. The second-order valence-corrected chi connectivity index (χ2v) is 7.94. The number of nitrogens with one attached hydrogen (secondary N) is 1. The number of hydrogen-bond acceptors (Lipinski definition) is 3. The van der Waals surface area contributed by atoms with Crippen LogP contribution in [0.25, 0.3) is 10.8 Å². The largest absolute Gasteiger partial charge is 0.323 e. The van der Waals surface area contributed by atoms with Crippen molar-refractivity contribution in [2.45, 2.75) is 6.42 Å². The SMILES string of the molecule is CS(=O)(=O)N1CCCN(C(=O)Nc2cccc3ccccc23)CC1. The molecule has 3 rings (SSSR count). The van der Waals surface area contributed by atoms with Gasteiger partial charge in [0.25, 0.3) is 0 Å². The van der Waals surface area contributed by atoms with Gasteiger partial charge in [-0.25, -0.2) is 17.5 Å². The highest BCUT2D eigenvalue weighted by Crippen LogP contribution is 2.23. The number of amides is 2. The number of carbonyl (C=O) groups excluding carboxylic acids is 1. The molecule has 1 fully saturated rings. The molecule has 2 aromatic rings. The van der Waals surface area contributed by atoms with Crippen LogP contribution in [0.5, 0.6) is 0 Å². The molecule has 1 aliphatic heterocycles. The molecule has 24 heavy (non-hydrogen) atoms. The van der Waals surface area contributed by atoms with Crippen LogP contribution in [0.1, 0.15) is 6.42 Å². The van der Waals surface area contributed by atoms with Gasteiger partial charge in [0.1, 0.15) is 0 Å². The molecule has 2 aromatic carbocycles.